The molecule has 3 nitrogen and oxygen atoms in total. The van der Waals surface area contributed by atoms with Crippen LogP contribution in [0.2, 0.25) is 0 Å². The lowest BCUT2D eigenvalue weighted by molar-refractivity contribution is 0.0938. The van der Waals surface area contributed by atoms with Gasteiger partial charge < -0.3 is 4.74 Å². The summed E-state index contributed by atoms with van der Waals surface area (Å²) < 4.78 is 5.39. The average molecular weight is 275 g/mol. The number of Topliss-reactive ketones (excluding diaryl/α,β-unsaturated/α-hetero) is 1. The van der Waals surface area contributed by atoms with Crippen LogP contribution in [0.1, 0.15) is 43.0 Å². The van der Waals surface area contributed by atoms with Gasteiger partial charge in [0.15, 0.2) is 5.78 Å². The van der Waals surface area contributed by atoms with Crippen molar-refractivity contribution in [2.24, 2.45) is 5.92 Å². The zero-order chi connectivity index (χ0) is 14.4. The minimum Gasteiger partial charge on any atom is -0.494 e. The van der Waals surface area contributed by atoms with Crippen molar-refractivity contribution < 1.29 is 9.53 Å². The molecule has 0 aliphatic heterocycles. The van der Waals surface area contributed by atoms with Crippen molar-refractivity contribution in [3.63, 3.8) is 0 Å². The van der Waals surface area contributed by atoms with Crippen molar-refractivity contribution in [3.05, 3.63) is 29.8 Å². The third-order valence-corrected chi connectivity index (χ3v) is 3.95. The van der Waals surface area contributed by atoms with Gasteiger partial charge in [0, 0.05) is 12.1 Å². The minimum absolute atomic E-state index is 0.188. The molecule has 1 saturated carbocycles. The number of ether oxygens (including phenoxy) is 1. The number of hydrogen-bond donors (Lipinski definition) is 0. The molecule has 2 rings (SSSR count). The molecule has 0 saturated heterocycles. The molecule has 1 aliphatic carbocycles. The Kier molecular flexibility index (Phi) is 5.60. The third-order valence-electron chi connectivity index (χ3n) is 3.95. The Morgan fingerprint density at radius 1 is 1.25 bits per heavy atom. The smallest absolute Gasteiger partial charge is 0.176 e. The highest BCUT2D eigenvalue weighted by atomic mass is 16.5. The molecule has 0 N–H and O–H groups in total. The molecule has 1 fully saturated rings. The molecule has 110 valence electrons. The zero-order valence-corrected chi connectivity index (χ0v) is 12.6. The number of hydrogen-bond acceptors (Lipinski definition) is 3. The topological polar surface area (TPSA) is 29.5 Å². The van der Waals surface area contributed by atoms with Crippen molar-refractivity contribution in [1.29, 1.82) is 0 Å². The summed E-state index contributed by atoms with van der Waals surface area (Å²) in [5.74, 6) is 1.80. The molecule has 0 unspecified atom stereocenters. The number of rotatable bonds is 7. The van der Waals surface area contributed by atoms with Crippen LogP contribution in [-0.2, 0) is 0 Å². The van der Waals surface area contributed by atoms with Crippen LogP contribution in [0.15, 0.2) is 24.3 Å². The van der Waals surface area contributed by atoms with Gasteiger partial charge in [-0.05, 0) is 57.0 Å². The van der Waals surface area contributed by atoms with Gasteiger partial charge in [0.1, 0.15) is 5.75 Å². The average Bonchev–Trinajstić information content (AvgIpc) is 2.92. The molecule has 1 aromatic rings. The SMILES string of the molecule is CCOc1ccc(C(=O)CN(C)CC2CCCC2)cc1. The van der Waals surface area contributed by atoms with Crippen LogP contribution in [0.5, 0.6) is 5.75 Å². The van der Waals surface area contributed by atoms with Gasteiger partial charge in [-0.2, -0.15) is 0 Å². The minimum atomic E-state index is 0.188. The second-order valence-electron chi connectivity index (χ2n) is 5.73. The zero-order valence-electron chi connectivity index (χ0n) is 12.6. The predicted molar refractivity (Wildman–Crippen MR) is 81.4 cm³/mol. The van der Waals surface area contributed by atoms with E-state index in [-0.39, 0.29) is 5.78 Å². The first-order valence-electron chi connectivity index (χ1n) is 7.63. The van der Waals surface area contributed by atoms with E-state index in [0.29, 0.717) is 13.2 Å². The first-order chi connectivity index (χ1) is 9.69. The van der Waals surface area contributed by atoms with Crippen LogP contribution in [0.4, 0.5) is 0 Å². The first kappa shape index (κ1) is 15.0. The summed E-state index contributed by atoms with van der Waals surface area (Å²) in [5, 5.41) is 0. The van der Waals surface area contributed by atoms with Crippen molar-refractivity contribution in [2.45, 2.75) is 32.6 Å². The highest BCUT2D eigenvalue weighted by Gasteiger charge is 2.18. The molecule has 0 radical (unpaired) electrons. The van der Waals surface area contributed by atoms with Crippen LogP contribution in [0.25, 0.3) is 0 Å². The summed E-state index contributed by atoms with van der Waals surface area (Å²) in [5.41, 5.74) is 0.770. The van der Waals surface area contributed by atoms with Crippen molar-refractivity contribution >= 4 is 5.78 Å². The van der Waals surface area contributed by atoms with Gasteiger partial charge in [0.25, 0.3) is 0 Å². The molecule has 3 heteroatoms. The monoisotopic (exact) mass is 275 g/mol. The van der Waals surface area contributed by atoms with E-state index in [2.05, 4.69) is 4.90 Å². The largest absolute Gasteiger partial charge is 0.494 e. The number of nitrogens with zero attached hydrogens (tertiary/aromatic N) is 1. The Balaban J connectivity index is 1.83. The van der Waals surface area contributed by atoms with E-state index in [4.69, 9.17) is 4.74 Å². The molecule has 1 aromatic carbocycles. The van der Waals surface area contributed by atoms with Crippen molar-refractivity contribution in [1.82, 2.24) is 4.90 Å². The van der Waals surface area contributed by atoms with Crippen LogP contribution >= 0.6 is 0 Å². The van der Waals surface area contributed by atoms with Crippen LogP contribution in [-0.4, -0.2) is 37.4 Å². The summed E-state index contributed by atoms with van der Waals surface area (Å²) in [6, 6.07) is 7.45. The first-order valence-corrected chi connectivity index (χ1v) is 7.63. The molecule has 0 atom stereocenters. The Morgan fingerprint density at radius 2 is 1.90 bits per heavy atom. The summed E-state index contributed by atoms with van der Waals surface area (Å²) >= 11 is 0. The number of carbonyl (C=O) groups is 1. The molecule has 20 heavy (non-hydrogen) atoms. The van der Waals surface area contributed by atoms with Crippen LogP contribution in [0.3, 0.4) is 0 Å². The second kappa shape index (κ2) is 7.44. The van der Waals surface area contributed by atoms with E-state index < -0.39 is 0 Å². The number of likely N-dealkylation sites (N-methyl/N-ethyl adjacent to an activating group) is 1. The third kappa shape index (κ3) is 4.34. The highest BCUT2D eigenvalue weighted by Crippen LogP contribution is 2.25. The van der Waals surface area contributed by atoms with Gasteiger partial charge in [-0.1, -0.05) is 12.8 Å². The maximum atomic E-state index is 12.2. The van der Waals surface area contributed by atoms with E-state index in [1.54, 1.807) is 0 Å². The van der Waals surface area contributed by atoms with Gasteiger partial charge in [0.05, 0.1) is 13.2 Å². The Bertz CT molecular complexity index is 421. The summed E-state index contributed by atoms with van der Waals surface area (Å²) in [4.78, 5) is 14.4. The van der Waals surface area contributed by atoms with Crippen LogP contribution in [0, 0.1) is 5.92 Å². The molecule has 0 aromatic heterocycles. The number of carbonyl (C=O) groups excluding carboxylic acids is 1. The fourth-order valence-electron chi connectivity index (χ4n) is 2.94. The number of benzene rings is 1. The summed E-state index contributed by atoms with van der Waals surface area (Å²) in [6.45, 7) is 4.15. The van der Waals surface area contributed by atoms with E-state index in [1.165, 1.54) is 25.7 Å². The van der Waals surface area contributed by atoms with E-state index in [9.17, 15) is 4.79 Å². The van der Waals surface area contributed by atoms with Gasteiger partial charge in [-0.25, -0.2) is 0 Å². The molecular formula is C17H25NO2. The van der Waals surface area contributed by atoms with E-state index >= 15 is 0 Å². The van der Waals surface area contributed by atoms with Crippen molar-refractivity contribution in [3.8, 4) is 5.75 Å². The number of ketones is 1. The Morgan fingerprint density at radius 3 is 2.50 bits per heavy atom. The molecule has 0 heterocycles. The van der Waals surface area contributed by atoms with Crippen LogP contribution < -0.4 is 4.74 Å². The van der Waals surface area contributed by atoms with Gasteiger partial charge in [-0.15, -0.1) is 0 Å². The Labute approximate surface area is 121 Å². The van der Waals surface area contributed by atoms with E-state index in [1.807, 2.05) is 38.2 Å². The normalized spacial score (nSPS) is 15.8. The fraction of sp³-hybridized carbons (Fsp3) is 0.588. The lowest BCUT2D eigenvalue weighted by Gasteiger charge is -2.19. The highest BCUT2D eigenvalue weighted by molar-refractivity contribution is 5.97. The molecule has 1 aliphatic rings. The lowest BCUT2D eigenvalue weighted by Crippen LogP contribution is -2.30. The van der Waals surface area contributed by atoms with E-state index in [0.717, 1.165) is 23.8 Å². The molecule has 0 spiro atoms. The predicted octanol–water partition coefficient (Wildman–Crippen LogP) is 3.39. The lowest BCUT2D eigenvalue weighted by atomic mass is 10.1. The van der Waals surface area contributed by atoms with Gasteiger partial charge in [0.2, 0.25) is 0 Å². The maximum absolute atomic E-state index is 12.2. The molecule has 0 amide bonds. The summed E-state index contributed by atoms with van der Waals surface area (Å²) in [7, 11) is 2.05. The van der Waals surface area contributed by atoms with Gasteiger partial charge >= 0.3 is 0 Å². The maximum Gasteiger partial charge on any atom is 0.176 e. The standard InChI is InChI=1S/C17H25NO2/c1-3-20-16-10-8-15(9-11-16)17(19)13-18(2)12-14-6-4-5-7-14/h8-11,14H,3-7,12-13H2,1-2H3. The molecule has 0 bridgehead atoms. The molecular weight excluding hydrogens is 250 g/mol. The Hall–Kier alpha value is -1.35. The second-order valence-corrected chi connectivity index (χ2v) is 5.73. The fourth-order valence-corrected chi connectivity index (χ4v) is 2.94. The summed E-state index contributed by atoms with van der Waals surface area (Å²) in [6.07, 6.45) is 5.35. The van der Waals surface area contributed by atoms with Gasteiger partial charge in [-0.3, -0.25) is 9.69 Å². The van der Waals surface area contributed by atoms with Crippen molar-refractivity contribution in [2.75, 3.05) is 26.7 Å². The quantitative estimate of drug-likeness (QED) is 0.714.